The molecule has 0 aliphatic heterocycles. The first-order valence-corrected chi connectivity index (χ1v) is 7.05. The van der Waals surface area contributed by atoms with E-state index in [0.29, 0.717) is 6.54 Å². The van der Waals surface area contributed by atoms with Crippen LogP contribution in [-0.2, 0) is 6.54 Å². The molecule has 4 nitrogen and oxygen atoms in total. The maximum atomic E-state index is 5.92. The van der Waals surface area contributed by atoms with Gasteiger partial charge in [0.1, 0.15) is 10.6 Å². The molecule has 0 aliphatic carbocycles. The van der Waals surface area contributed by atoms with Gasteiger partial charge in [-0.2, -0.15) is 0 Å². The monoisotopic (exact) mass is 290 g/mol. The molecule has 0 bridgehead atoms. The normalized spacial score (nSPS) is 10.8. The van der Waals surface area contributed by atoms with Crippen molar-refractivity contribution in [3.05, 3.63) is 46.3 Å². The summed E-state index contributed by atoms with van der Waals surface area (Å²) >= 11 is 7.47. The standard InChI is InChI=1S/C13H11ClN4S/c1-8-3-2-4-9(16-8)7-15-11-10-5-6-19-12(10)18-13(14)17-11/h2-6H,7H2,1H3,(H,15,17,18). The van der Waals surface area contributed by atoms with Crippen molar-refractivity contribution in [3.8, 4) is 0 Å². The zero-order chi connectivity index (χ0) is 13.2. The van der Waals surface area contributed by atoms with Gasteiger partial charge in [-0.05, 0) is 42.1 Å². The number of rotatable bonds is 3. The van der Waals surface area contributed by atoms with Crippen LogP contribution in [0.15, 0.2) is 29.6 Å². The Morgan fingerprint density at radius 2 is 2.11 bits per heavy atom. The molecule has 0 saturated heterocycles. The summed E-state index contributed by atoms with van der Waals surface area (Å²) < 4.78 is 0. The smallest absolute Gasteiger partial charge is 0.225 e. The second kappa shape index (κ2) is 5.11. The second-order valence-electron chi connectivity index (χ2n) is 4.10. The zero-order valence-electron chi connectivity index (χ0n) is 10.2. The summed E-state index contributed by atoms with van der Waals surface area (Å²) in [7, 11) is 0. The zero-order valence-corrected chi connectivity index (χ0v) is 11.8. The lowest BCUT2D eigenvalue weighted by Gasteiger charge is -2.07. The van der Waals surface area contributed by atoms with Crippen LogP contribution in [0.5, 0.6) is 0 Å². The molecule has 3 heterocycles. The van der Waals surface area contributed by atoms with Crippen molar-refractivity contribution in [1.29, 1.82) is 0 Å². The summed E-state index contributed by atoms with van der Waals surface area (Å²) in [6.07, 6.45) is 0. The highest BCUT2D eigenvalue weighted by atomic mass is 35.5. The predicted molar refractivity (Wildman–Crippen MR) is 78.7 cm³/mol. The molecule has 0 radical (unpaired) electrons. The minimum absolute atomic E-state index is 0.259. The summed E-state index contributed by atoms with van der Waals surface area (Å²) in [4.78, 5) is 13.7. The third-order valence-electron chi connectivity index (χ3n) is 2.68. The minimum Gasteiger partial charge on any atom is -0.364 e. The molecule has 0 atom stereocenters. The van der Waals surface area contributed by atoms with Gasteiger partial charge in [-0.15, -0.1) is 11.3 Å². The van der Waals surface area contributed by atoms with Gasteiger partial charge in [0.2, 0.25) is 5.28 Å². The van der Waals surface area contributed by atoms with Gasteiger partial charge in [0.05, 0.1) is 17.6 Å². The lowest BCUT2D eigenvalue weighted by molar-refractivity contribution is 1.00. The van der Waals surface area contributed by atoms with E-state index >= 15 is 0 Å². The number of nitrogens with one attached hydrogen (secondary N) is 1. The Morgan fingerprint density at radius 1 is 1.21 bits per heavy atom. The molecular weight excluding hydrogens is 280 g/mol. The molecular formula is C13H11ClN4S. The van der Waals surface area contributed by atoms with E-state index in [1.165, 1.54) is 0 Å². The average Bonchev–Trinajstić information content (AvgIpc) is 2.84. The Balaban J connectivity index is 1.87. The third-order valence-corrected chi connectivity index (χ3v) is 3.66. The van der Waals surface area contributed by atoms with Crippen LogP contribution in [0.2, 0.25) is 5.28 Å². The predicted octanol–water partition coefficient (Wildman–Crippen LogP) is 3.66. The van der Waals surface area contributed by atoms with Crippen LogP contribution in [0.4, 0.5) is 5.82 Å². The van der Waals surface area contributed by atoms with Crippen molar-refractivity contribution >= 4 is 39.0 Å². The number of pyridine rings is 1. The van der Waals surface area contributed by atoms with Gasteiger partial charge < -0.3 is 5.32 Å². The molecule has 3 aromatic heterocycles. The molecule has 0 amide bonds. The molecule has 1 N–H and O–H groups in total. The van der Waals surface area contributed by atoms with Gasteiger partial charge in [0.25, 0.3) is 0 Å². The third kappa shape index (κ3) is 2.67. The van der Waals surface area contributed by atoms with E-state index < -0.39 is 0 Å². The maximum Gasteiger partial charge on any atom is 0.225 e. The highest BCUT2D eigenvalue weighted by Gasteiger charge is 2.07. The molecule has 96 valence electrons. The van der Waals surface area contributed by atoms with E-state index in [1.54, 1.807) is 11.3 Å². The SMILES string of the molecule is Cc1cccc(CNc2nc(Cl)nc3sccc23)n1. The number of nitrogens with zero attached hydrogens (tertiary/aromatic N) is 3. The van der Waals surface area contributed by atoms with Gasteiger partial charge in [0, 0.05) is 5.69 Å². The first-order valence-electron chi connectivity index (χ1n) is 5.79. The maximum absolute atomic E-state index is 5.92. The van der Waals surface area contributed by atoms with Gasteiger partial charge in [-0.3, -0.25) is 4.98 Å². The summed E-state index contributed by atoms with van der Waals surface area (Å²) in [5, 5.41) is 6.49. The van der Waals surface area contributed by atoms with Crippen molar-refractivity contribution in [2.24, 2.45) is 0 Å². The topological polar surface area (TPSA) is 50.7 Å². The van der Waals surface area contributed by atoms with Crippen molar-refractivity contribution in [2.75, 3.05) is 5.32 Å². The molecule has 0 aromatic carbocycles. The largest absolute Gasteiger partial charge is 0.364 e. The van der Waals surface area contributed by atoms with E-state index in [1.807, 2.05) is 36.6 Å². The van der Waals surface area contributed by atoms with Crippen LogP contribution < -0.4 is 5.32 Å². The number of hydrogen-bond donors (Lipinski definition) is 1. The van der Waals surface area contributed by atoms with Gasteiger partial charge in [-0.25, -0.2) is 9.97 Å². The van der Waals surface area contributed by atoms with Crippen molar-refractivity contribution in [3.63, 3.8) is 0 Å². The number of aryl methyl sites for hydroxylation is 1. The van der Waals surface area contributed by atoms with Gasteiger partial charge >= 0.3 is 0 Å². The lowest BCUT2D eigenvalue weighted by Crippen LogP contribution is -2.04. The number of thiophene rings is 1. The Morgan fingerprint density at radius 3 is 2.95 bits per heavy atom. The fraction of sp³-hybridized carbons (Fsp3) is 0.154. The Kier molecular flexibility index (Phi) is 3.31. The molecule has 19 heavy (non-hydrogen) atoms. The first-order chi connectivity index (χ1) is 9.22. The van der Waals surface area contributed by atoms with E-state index in [4.69, 9.17) is 11.6 Å². The second-order valence-corrected chi connectivity index (χ2v) is 5.34. The highest BCUT2D eigenvalue weighted by Crippen LogP contribution is 2.26. The quantitative estimate of drug-likeness (QED) is 0.748. The van der Waals surface area contributed by atoms with E-state index in [0.717, 1.165) is 27.4 Å². The van der Waals surface area contributed by atoms with Crippen LogP contribution in [0.3, 0.4) is 0 Å². The van der Waals surface area contributed by atoms with Crippen molar-refractivity contribution in [1.82, 2.24) is 15.0 Å². The van der Waals surface area contributed by atoms with Crippen molar-refractivity contribution < 1.29 is 0 Å². The Bertz CT molecular complexity index is 725. The summed E-state index contributed by atoms with van der Waals surface area (Å²) in [6, 6.07) is 7.94. The van der Waals surface area contributed by atoms with Crippen LogP contribution in [0, 0.1) is 6.92 Å². The molecule has 3 aromatic rings. The summed E-state index contributed by atoms with van der Waals surface area (Å²) in [5.41, 5.74) is 1.97. The molecule has 0 unspecified atom stereocenters. The highest BCUT2D eigenvalue weighted by molar-refractivity contribution is 7.16. The molecule has 3 rings (SSSR count). The number of halogens is 1. The molecule has 6 heteroatoms. The number of fused-ring (bicyclic) bond motifs is 1. The van der Waals surface area contributed by atoms with Crippen LogP contribution in [-0.4, -0.2) is 15.0 Å². The summed E-state index contributed by atoms with van der Waals surface area (Å²) in [5.74, 6) is 0.750. The summed E-state index contributed by atoms with van der Waals surface area (Å²) in [6.45, 7) is 2.59. The van der Waals surface area contributed by atoms with E-state index in [9.17, 15) is 0 Å². The number of aromatic nitrogens is 3. The Hall–Kier alpha value is -1.72. The van der Waals surface area contributed by atoms with Crippen LogP contribution in [0.25, 0.3) is 10.2 Å². The fourth-order valence-corrected chi connectivity index (χ4v) is 2.82. The number of hydrogen-bond acceptors (Lipinski definition) is 5. The fourth-order valence-electron chi connectivity index (χ4n) is 1.84. The van der Waals surface area contributed by atoms with Gasteiger partial charge in [0.15, 0.2) is 0 Å². The van der Waals surface area contributed by atoms with E-state index in [2.05, 4.69) is 20.3 Å². The molecule has 0 spiro atoms. The van der Waals surface area contributed by atoms with Crippen molar-refractivity contribution in [2.45, 2.75) is 13.5 Å². The first kappa shape index (κ1) is 12.3. The van der Waals surface area contributed by atoms with Gasteiger partial charge in [-0.1, -0.05) is 6.07 Å². The molecule has 0 aliphatic rings. The van der Waals surface area contributed by atoms with Crippen LogP contribution in [0.1, 0.15) is 11.4 Å². The van der Waals surface area contributed by atoms with E-state index in [-0.39, 0.29) is 5.28 Å². The Labute approximate surface area is 119 Å². The lowest BCUT2D eigenvalue weighted by atomic mass is 10.3. The molecule has 0 fully saturated rings. The minimum atomic E-state index is 0.259. The number of anilines is 1. The van der Waals surface area contributed by atoms with Crippen LogP contribution >= 0.6 is 22.9 Å². The average molecular weight is 291 g/mol. The molecule has 0 saturated carbocycles.